The third kappa shape index (κ3) is 4.76. The van der Waals surface area contributed by atoms with Gasteiger partial charge in [0, 0.05) is 18.2 Å². The summed E-state index contributed by atoms with van der Waals surface area (Å²) >= 11 is 0. The Morgan fingerprint density at radius 1 is 1.53 bits per heavy atom. The molecule has 0 bridgehead atoms. The molecule has 6 nitrogen and oxygen atoms in total. The third-order valence-electron chi connectivity index (χ3n) is 1.76. The molecule has 0 amide bonds. The Hall–Kier alpha value is -1.04. The molecule has 7 heteroatoms. The van der Waals surface area contributed by atoms with Gasteiger partial charge in [-0.05, 0) is 5.56 Å². The van der Waals surface area contributed by atoms with E-state index >= 15 is 0 Å². The van der Waals surface area contributed by atoms with E-state index in [0.29, 0.717) is 6.08 Å². The average molecular weight is 257 g/mol. The van der Waals surface area contributed by atoms with Gasteiger partial charge in [0.05, 0.1) is 10.5 Å². The van der Waals surface area contributed by atoms with Crippen LogP contribution in [0.2, 0.25) is 0 Å². The number of carbonyl (C=O) groups is 1. The topological polar surface area (TPSA) is 104 Å². The van der Waals surface area contributed by atoms with Gasteiger partial charge in [-0.15, -0.1) is 0 Å². The summed E-state index contributed by atoms with van der Waals surface area (Å²) in [6.45, 7) is 0. The molecule has 0 saturated carbocycles. The number of aliphatic carboxylic acids is 1. The Morgan fingerprint density at radius 3 is 2.65 bits per heavy atom. The fourth-order valence-corrected chi connectivity index (χ4v) is 1.09. The summed E-state index contributed by atoms with van der Waals surface area (Å²) in [6.07, 6.45) is 0.707. The van der Waals surface area contributed by atoms with Crippen LogP contribution in [-0.2, 0) is 4.79 Å². The zero-order valence-corrected chi connectivity index (χ0v) is 12.1. The summed E-state index contributed by atoms with van der Waals surface area (Å²) in [5.74, 6) is -1.27. The second-order valence-electron chi connectivity index (χ2n) is 2.82. The minimum absolute atomic E-state index is 0. The molecule has 0 aromatic heterocycles. The fraction of sp³-hybridized carbons (Fsp3) is 0. The van der Waals surface area contributed by atoms with Gasteiger partial charge in [0.1, 0.15) is 6.07 Å². The summed E-state index contributed by atoms with van der Waals surface area (Å²) in [7, 11) is 0. The van der Waals surface area contributed by atoms with E-state index in [4.69, 9.17) is 10.4 Å². The van der Waals surface area contributed by atoms with Crippen LogP contribution in [0.1, 0.15) is 5.56 Å². The van der Waals surface area contributed by atoms with E-state index in [1.165, 1.54) is 18.2 Å². The summed E-state index contributed by atoms with van der Waals surface area (Å²) in [5, 5.41) is 27.7. The number of allylic oxidation sites excluding steroid dienone is 1. The number of non-ortho nitro benzene ring substituents is 1. The number of carboxylic acids is 1. The zero-order chi connectivity index (χ0) is 12.1. The average Bonchev–Trinajstić information content (AvgIpc) is 2.25. The van der Waals surface area contributed by atoms with Crippen LogP contribution in [0.3, 0.4) is 0 Å². The predicted octanol–water partition coefficient (Wildman–Crippen LogP) is -1.41. The first-order chi connectivity index (χ1) is 7.54. The van der Waals surface area contributed by atoms with Gasteiger partial charge in [-0.1, -0.05) is 12.1 Å². The van der Waals surface area contributed by atoms with Crippen LogP contribution in [0, 0.1) is 21.4 Å². The van der Waals surface area contributed by atoms with Gasteiger partial charge in [-0.2, -0.15) is 5.26 Å². The maximum atomic E-state index is 10.5. The van der Waals surface area contributed by atoms with E-state index in [-0.39, 0.29) is 68.2 Å². The summed E-state index contributed by atoms with van der Waals surface area (Å²) in [4.78, 5) is 20.3. The van der Waals surface area contributed by atoms with E-state index in [1.807, 2.05) is 0 Å². The molecule has 0 atom stereocenters. The number of benzene rings is 1. The number of carboxylic acid groups (broad SMARTS) is 1. The molecule has 80 valence electrons. The quantitative estimate of drug-likeness (QED) is 0.235. The Morgan fingerprint density at radius 2 is 2.18 bits per heavy atom. The minimum atomic E-state index is -1.27. The Kier molecular flexibility index (Phi) is 6.87. The molecule has 1 N–H and O–H groups in total. The minimum Gasteiger partial charge on any atom is -0.478 e. The smallest absolute Gasteiger partial charge is 0.478 e. The largest absolute Gasteiger partial charge is 1.00 e. The van der Waals surface area contributed by atoms with Crippen molar-refractivity contribution in [1.82, 2.24) is 0 Å². The Balaban J connectivity index is 0.00000256. The van der Waals surface area contributed by atoms with Gasteiger partial charge in [0.25, 0.3) is 5.69 Å². The molecular weight excluding hydrogens is 251 g/mol. The maximum Gasteiger partial charge on any atom is 1.00 e. The van der Waals surface area contributed by atoms with E-state index in [1.54, 1.807) is 6.07 Å². The van der Waals surface area contributed by atoms with Gasteiger partial charge >= 0.3 is 57.4 Å². The second kappa shape index (κ2) is 7.31. The number of nitro groups is 1. The Labute approximate surface area is 139 Å². The molecule has 0 aliphatic rings. The molecule has 0 radical (unpaired) electrons. The molecule has 1 rings (SSSR count). The molecule has 0 aliphatic heterocycles. The molecule has 0 fully saturated rings. The molecule has 1 aromatic carbocycles. The van der Waals surface area contributed by atoms with Crippen LogP contribution >= 0.6 is 0 Å². The van der Waals surface area contributed by atoms with Gasteiger partial charge in [-0.3, -0.25) is 10.1 Å². The summed E-state index contributed by atoms with van der Waals surface area (Å²) in [6, 6.07) is 6.91. The number of rotatable bonds is 3. The second-order valence-corrected chi connectivity index (χ2v) is 2.82. The summed E-state index contributed by atoms with van der Waals surface area (Å²) in [5.41, 5.74) is -0.112. The van der Waals surface area contributed by atoms with Crippen LogP contribution in [0.25, 0.3) is 5.57 Å². The molecule has 17 heavy (non-hydrogen) atoms. The Bertz CT molecular complexity index is 519. The van der Waals surface area contributed by atoms with Crippen molar-refractivity contribution < 1.29 is 66.2 Å². The number of nitro benzene ring substituents is 1. The molecule has 0 heterocycles. The molecule has 0 aliphatic carbocycles. The van der Waals surface area contributed by atoms with Crippen LogP contribution < -0.4 is 51.4 Å². The van der Waals surface area contributed by atoms with E-state index in [9.17, 15) is 14.9 Å². The molecule has 0 unspecified atom stereocenters. The molecular formula is C10H6KN2O4+. The van der Waals surface area contributed by atoms with Crippen LogP contribution in [0.5, 0.6) is 0 Å². The van der Waals surface area contributed by atoms with Crippen molar-refractivity contribution in [3.8, 4) is 6.07 Å². The first-order valence-corrected chi connectivity index (χ1v) is 4.14. The first-order valence-electron chi connectivity index (χ1n) is 4.14. The van der Waals surface area contributed by atoms with Crippen LogP contribution in [0.4, 0.5) is 5.69 Å². The zero-order valence-electron chi connectivity index (χ0n) is 8.95. The van der Waals surface area contributed by atoms with E-state index < -0.39 is 10.9 Å². The fourth-order valence-electron chi connectivity index (χ4n) is 1.09. The number of nitrogens with zero attached hydrogens (tertiary/aromatic N) is 2. The van der Waals surface area contributed by atoms with Crippen molar-refractivity contribution in [3.05, 3.63) is 46.0 Å². The van der Waals surface area contributed by atoms with E-state index in [2.05, 4.69) is 0 Å². The molecule has 0 saturated heterocycles. The van der Waals surface area contributed by atoms with Crippen molar-refractivity contribution in [2.75, 3.05) is 0 Å². The van der Waals surface area contributed by atoms with Crippen molar-refractivity contribution in [2.24, 2.45) is 0 Å². The molecule has 0 spiro atoms. The van der Waals surface area contributed by atoms with Crippen molar-refractivity contribution in [1.29, 1.82) is 5.26 Å². The van der Waals surface area contributed by atoms with Gasteiger partial charge in [0.2, 0.25) is 0 Å². The van der Waals surface area contributed by atoms with Crippen LogP contribution in [0.15, 0.2) is 30.3 Å². The van der Waals surface area contributed by atoms with Crippen molar-refractivity contribution in [3.63, 3.8) is 0 Å². The predicted molar refractivity (Wildman–Crippen MR) is 54.3 cm³/mol. The molecule has 1 aromatic rings. The van der Waals surface area contributed by atoms with Gasteiger partial charge in [-0.25, -0.2) is 4.79 Å². The van der Waals surface area contributed by atoms with Crippen molar-refractivity contribution >= 4 is 17.2 Å². The normalized spacial score (nSPS) is 9.94. The van der Waals surface area contributed by atoms with Crippen molar-refractivity contribution in [2.45, 2.75) is 0 Å². The first kappa shape index (κ1) is 16.0. The monoisotopic (exact) mass is 257 g/mol. The van der Waals surface area contributed by atoms with E-state index in [0.717, 1.165) is 6.07 Å². The van der Waals surface area contributed by atoms with Crippen LogP contribution in [-0.4, -0.2) is 16.0 Å². The maximum absolute atomic E-state index is 10.5. The number of hydrogen-bond acceptors (Lipinski definition) is 4. The van der Waals surface area contributed by atoms with Gasteiger partial charge < -0.3 is 5.11 Å². The summed E-state index contributed by atoms with van der Waals surface area (Å²) < 4.78 is 0. The SMILES string of the molecule is N#CC(=CC(=O)O)c1cccc([N+](=O)[O-])c1.[K+]. The number of hydrogen-bond donors (Lipinski definition) is 1. The standard InChI is InChI=1S/C10H6N2O4.K/c11-6-8(5-10(13)14)7-2-1-3-9(4-7)12(15)16;/h1-5H,(H,13,14);/q;+1. The van der Waals surface area contributed by atoms with Gasteiger partial charge in [0.15, 0.2) is 0 Å². The third-order valence-corrected chi connectivity index (χ3v) is 1.76. The number of nitriles is 1.